The van der Waals surface area contributed by atoms with Crippen molar-refractivity contribution >= 4 is 22.2 Å². The molecule has 0 aliphatic heterocycles. The van der Waals surface area contributed by atoms with Crippen molar-refractivity contribution in [1.29, 1.82) is 0 Å². The Hall–Kier alpha value is -5.55. The first-order valence-corrected chi connectivity index (χ1v) is 15.1. The Labute approximate surface area is 264 Å². The zero-order valence-electron chi connectivity index (χ0n) is 26.3. The van der Waals surface area contributed by atoms with Gasteiger partial charge in [-0.2, -0.15) is 0 Å². The molecule has 0 aliphatic rings. The highest BCUT2D eigenvalue weighted by molar-refractivity contribution is 6.04. The van der Waals surface area contributed by atoms with Crippen molar-refractivity contribution < 1.29 is 0 Å². The first kappa shape index (κ1) is 29.5. The molecule has 0 unspecified atom stereocenters. The van der Waals surface area contributed by atoms with Crippen LogP contribution in [0.4, 0.5) is 5.69 Å². The summed E-state index contributed by atoms with van der Waals surface area (Å²) in [7, 11) is 0. The average molecular weight is 586 g/mol. The molecule has 0 spiro atoms. The van der Waals surface area contributed by atoms with E-state index in [4.69, 9.17) is 24.9 Å². The summed E-state index contributed by atoms with van der Waals surface area (Å²) in [6, 6.07) is 33.2. The van der Waals surface area contributed by atoms with E-state index in [2.05, 4.69) is 105 Å². The van der Waals surface area contributed by atoms with Crippen LogP contribution >= 0.6 is 0 Å². The lowest BCUT2D eigenvalue weighted by atomic mass is 10.0. The number of allylic oxidation sites excluding steroid dienone is 4. The lowest BCUT2D eigenvalue weighted by Gasteiger charge is -2.13. The van der Waals surface area contributed by atoms with Gasteiger partial charge in [-0.05, 0) is 40.7 Å². The summed E-state index contributed by atoms with van der Waals surface area (Å²) >= 11 is 0. The number of aromatic nitrogens is 4. The van der Waals surface area contributed by atoms with Gasteiger partial charge in [0.2, 0.25) is 0 Å². The minimum atomic E-state index is 0.628. The van der Waals surface area contributed by atoms with Gasteiger partial charge in [0.15, 0.2) is 17.5 Å². The number of benzene rings is 4. The molecule has 5 heteroatoms. The lowest BCUT2D eigenvalue weighted by Crippen LogP contribution is -2.00. The van der Waals surface area contributed by atoms with Gasteiger partial charge in [-0.1, -0.05) is 126 Å². The predicted molar refractivity (Wildman–Crippen MR) is 188 cm³/mol. The molecule has 0 fully saturated rings. The van der Waals surface area contributed by atoms with Crippen molar-refractivity contribution in [2.45, 2.75) is 34.6 Å². The van der Waals surface area contributed by atoms with Crippen LogP contribution < -0.4 is 0 Å². The van der Waals surface area contributed by atoms with Crippen molar-refractivity contribution in [3.8, 4) is 45.4 Å². The van der Waals surface area contributed by atoms with E-state index in [9.17, 15) is 0 Å². The van der Waals surface area contributed by atoms with E-state index in [1.54, 1.807) is 0 Å². The number of nitrogens with zero attached hydrogens (tertiary/aromatic N) is 5. The number of aryl methyl sites for hydroxylation is 3. The summed E-state index contributed by atoms with van der Waals surface area (Å²) in [6.07, 6.45) is 8.01. The van der Waals surface area contributed by atoms with E-state index in [1.807, 2.05) is 51.1 Å². The second kappa shape index (κ2) is 13.0. The van der Waals surface area contributed by atoms with Gasteiger partial charge in [0, 0.05) is 38.7 Å². The van der Waals surface area contributed by atoms with Gasteiger partial charge in [0.1, 0.15) is 0 Å². The normalized spacial score (nSPS) is 12.1. The minimum absolute atomic E-state index is 0.628. The lowest BCUT2D eigenvalue weighted by molar-refractivity contribution is 1.07. The number of aliphatic imine (C=N–C) groups is 1. The summed E-state index contributed by atoms with van der Waals surface area (Å²) in [5.74, 6) is 1.92. The van der Waals surface area contributed by atoms with Crippen LogP contribution in [0.5, 0.6) is 0 Å². The van der Waals surface area contributed by atoms with Crippen LogP contribution in [-0.4, -0.2) is 25.6 Å². The maximum absolute atomic E-state index is 5.06. The molecule has 6 aromatic rings. The fourth-order valence-corrected chi connectivity index (χ4v) is 5.20. The number of hydrogen-bond donors (Lipinski definition) is 0. The van der Waals surface area contributed by atoms with Crippen LogP contribution in [0.1, 0.15) is 30.7 Å². The first-order chi connectivity index (χ1) is 21.9. The number of hydrogen-bond acceptors (Lipinski definition) is 5. The number of fused-ring (bicyclic) bond motifs is 1. The Kier molecular flexibility index (Phi) is 8.52. The zero-order chi connectivity index (χ0) is 31.3. The van der Waals surface area contributed by atoms with E-state index in [0.717, 1.165) is 55.8 Å². The molecular formula is C40H35N5. The van der Waals surface area contributed by atoms with Crippen molar-refractivity contribution in [2.24, 2.45) is 4.99 Å². The molecule has 0 radical (unpaired) electrons. The predicted octanol–water partition coefficient (Wildman–Crippen LogP) is 10.2. The third-order valence-corrected chi connectivity index (χ3v) is 7.66. The van der Waals surface area contributed by atoms with Crippen molar-refractivity contribution in [1.82, 2.24) is 19.9 Å². The Morgan fingerprint density at radius 2 is 1.02 bits per heavy atom. The molecule has 0 aliphatic carbocycles. The molecule has 0 bridgehead atoms. The van der Waals surface area contributed by atoms with Crippen LogP contribution in [0.15, 0.2) is 126 Å². The first-order valence-electron chi connectivity index (χ1n) is 15.1. The van der Waals surface area contributed by atoms with Gasteiger partial charge in [0.25, 0.3) is 0 Å². The molecule has 0 atom stereocenters. The van der Waals surface area contributed by atoms with Gasteiger partial charge in [-0.25, -0.2) is 15.0 Å². The van der Waals surface area contributed by atoms with E-state index < -0.39 is 0 Å². The second-order valence-electron chi connectivity index (χ2n) is 11.2. The molecule has 0 saturated carbocycles. The Bertz CT molecular complexity index is 2000. The molecular weight excluding hydrogens is 550 g/mol. The van der Waals surface area contributed by atoms with Gasteiger partial charge < -0.3 is 0 Å². The summed E-state index contributed by atoms with van der Waals surface area (Å²) in [5.41, 5.74) is 9.84. The highest BCUT2D eigenvalue weighted by Gasteiger charge is 2.15. The van der Waals surface area contributed by atoms with Crippen molar-refractivity contribution in [3.05, 3.63) is 138 Å². The topological polar surface area (TPSA) is 63.9 Å². The third-order valence-electron chi connectivity index (χ3n) is 7.66. The van der Waals surface area contributed by atoms with Crippen LogP contribution in [0, 0.1) is 20.8 Å². The maximum Gasteiger partial charge on any atom is 0.164 e. The van der Waals surface area contributed by atoms with Crippen LogP contribution in [0.25, 0.3) is 56.2 Å². The van der Waals surface area contributed by atoms with E-state index in [-0.39, 0.29) is 0 Å². The minimum Gasteiger partial charge on any atom is -0.251 e. The zero-order valence-corrected chi connectivity index (χ0v) is 26.3. The molecule has 220 valence electrons. The maximum atomic E-state index is 5.06. The molecule has 5 nitrogen and oxygen atoms in total. The third kappa shape index (κ3) is 6.53. The summed E-state index contributed by atoms with van der Waals surface area (Å²) in [4.78, 5) is 24.7. The molecule has 6 rings (SSSR count). The van der Waals surface area contributed by atoms with E-state index >= 15 is 0 Å². The molecule has 45 heavy (non-hydrogen) atoms. The molecule has 0 amide bonds. The smallest absolute Gasteiger partial charge is 0.164 e. The monoisotopic (exact) mass is 585 g/mol. The quantitative estimate of drug-likeness (QED) is 0.138. The summed E-state index contributed by atoms with van der Waals surface area (Å²) in [5, 5.41) is 2.13. The van der Waals surface area contributed by atoms with Gasteiger partial charge in [0.05, 0.1) is 17.1 Å². The standard InChI is InChI=1S/C40H35N5/c1-6-7-8-11-28(4)41-36-29(5)42-37(35-13-10-9-12-34(35)36)30-22-24-33(25-23-30)40-44-38(31-18-14-26(2)15-19-31)43-39(45-40)32-20-16-27(3)17-21-32/h6-25H,1-5H3/b7-6-,11-8-,41-28?. The van der Waals surface area contributed by atoms with Crippen LogP contribution in [0.3, 0.4) is 0 Å². The van der Waals surface area contributed by atoms with Crippen LogP contribution in [-0.2, 0) is 0 Å². The van der Waals surface area contributed by atoms with Gasteiger partial charge in [-0.3, -0.25) is 9.98 Å². The van der Waals surface area contributed by atoms with Gasteiger partial charge in [-0.15, -0.1) is 0 Å². The second-order valence-corrected chi connectivity index (χ2v) is 11.2. The molecule has 2 aromatic heterocycles. The Morgan fingerprint density at radius 3 is 1.53 bits per heavy atom. The molecule has 0 saturated heterocycles. The van der Waals surface area contributed by atoms with Crippen LogP contribution in [0.2, 0.25) is 0 Å². The molecule has 2 heterocycles. The Balaban J connectivity index is 1.42. The highest BCUT2D eigenvalue weighted by Crippen LogP contribution is 2.36. The van der Waals surface area contributed by atoms with Crippen molar-refractivity contribution in [2.75, 3.05) is 0 Å². The molecule has 0 N–H and O–H groups in total. The SMILES string of the molecule is C/C=C\C=C/C(C)=Nc1c(C)nc(-c2ccc(-c3nc(-c4ccc(C)cc4)nc(-c4ccc(C)cc4)n3)cc2)c2ccccc12. The average Bonchev–Trinajstić information content (AvgIpc) is 3.06. The van der Waals surface area contributed by atoms with E-state index in [0.29, 0.717) is 17.5 Å². The van der Waals surface area contributed by atoms with E-state index in [1.165, 1.54) is 11.1 Å². The van der Waals surface area contributed by atoms with Gasteiger partial charge >= 0.3 is 0 Å². The number of pyridine rings is 1. The Morgan fingerprint density at radius 1 is 0.556 bits per heavy atom. The van der Waals surface area contributed by atoms with Crippen molar-refractivity contribution in [3.63, 3.8) is 0 Å². The fourth-order valence-electron chi connectivity index (χ4n) is 5.20. The fraction of sp³-hybridized carbons (Fsp3) is 0.125. The largest absolute Gasteiger partial charge is 0.251 e. The number of rotatable bonds is 7. The summed E-state index contributed by atoms with van der Waals surface area (Å²) < 4.78 is 0. The molecule has 4 aromatic carbocycles. The highest BCUT2D eigenvalue weighted by atomic mass is 15.0. The summed E-state index contributed by atoms with van der Waals surface area (Å²) in [6.45, 7) is 10.2.